The van der Waals surface area contributed by atoms with Crippen LogP contribution in [0.5, 0.6) is 11.5 Å². The fourth-order valence-electron chi connectivity index (χ4n) is 3.36. The molecular formula is C19H19FN2O3. The van der Waals surface area contributed by atoms with Crippen LogP contribution in [0.1, 0.15) is 22.0 Å². The maximum absolute atomic E-state index is 13.6. The van der Waals surface area contributed by atoms with Gasteiger partial charge in [-0.1, -0.05) is 18.2 Å². The van der Waals surface area contributed by atoms with Gasteiger partial charge in [0, 0.05) is 19.6 Å². The Kier molecular flexibility index (Phi) is 4.28. The zero-order valence-corrected chi connectivity index (χ0v) is 13.7. The van der Waals surface area contributed by atoms with Crippen molar-refractivity contribution in [2.24, 2.45) is 0 Å². The van der Waals surface area contributed by atoms with Crippen LogP contribution < -0.4 is 14.8 Å². The van der Waals surface area contributed by atoms with E-state index in [4.69, 9.17) is 9.47 Å². The molecule has 1 unspecified atom stereocenters. The molecule has 0 aliphatic carbocycles. The lowest BCUT2D eigenvalue weighted by atomic mass is 10.0. The number of carbonyl (C=O) groups excluding carboxylic acids is 1. The minimum absolute atomic E-state index is 0.127. The number of carbonyl (C=O) groups is 1. The Morgan fingerprint density at radius 3 is 2.88 bits per heavy atom. The second-order valence-electron chi connectivity index (χ2n) is 6.10. The molecule has 0 saturated carbocycles. The average Bonchev–Trinajstić information content (AvgIpc) is 2.67. The van der Waals surface area contributed by atoms with Crippen LogP contribution in [0.15, 0.2) is 42.5 Å². The molecule has 1 saturated heterocycles. The van der Waals surface area contributed by atoms with Crippen LogP contribution in [-0.4, -0.2) is 43.7 Å². The van der Waals surface area contributed by atoms with Crippen molar-refractivity contribution in [3.8, 4) is 11.5 Å². The van der Waals surface area contributed by atoms with Crippen molar-refractivity contribution >= 4 is 5.91 Å². The summed E-state index contributed by atoms with van der Waals surface area (Å²) < 4.78 is 24.9. The Morgan fingerprint density at radius 1 is 1.16 bits per heavy atom. The number of fused-ring (bicyclic) bond motifs is 1. The number of piperazine rings is 1. The number of ether oxygens (including phenoxy) is 2. The highest BCUT2D eigenvalue weighted by atomic mass is 19.1. The zero-order valence-electron chi connectivity index (χ0n) is 13.7. The zero-order chi connectivity index (χ0) is 17.2. The van der Waals surface area contributed by atoms with Crippen LogP contribution in [0, 0.1) is 5.82 Å². The highest BCUT2D eigenvalue weighted by Gasteiger charge is 2.31. The second-order valence-corrected chi connectivity index (χ2v) is 6.10. The summed E-state index contributed by atoms with van der Waals surface area (Å²) in [6.07, 6.45) is 0. The highest BCUT2D eigenvalue weighted by molar-refractivity contribution is 5.98. The molecule has 0 aromatic heterocycles. The molecule has 25 heavy (non-hydrogen) atoms. The standard InChI is InChI=1S/C19H19FN2O3/c20-14-4-1-3-13(11-14)16-12-21-7-8-22(16)19(23)15-5-2-6-17-18(15)25-10-9-24-17/h1-6,11,16,21H,7-10,12H2. The van der Waals surface area contributed by atoms with Crippen molar-refractivity contribution in [3.05, 3.63) is 59.4 Å². The first-order valence-corrected chi connectivity index (χ1v) is 8.40. The minimum Gasteiger partial charge on any atom is -0.486 e. The van der Waals surface area contributed by atoms with Gasteiger partial charge in [-0.05, 0) is 29.8 Å². The van der Waals surface area contributed by atoms with Crippen LogP contribution in [0.25, 0.3) is 0 Å². The minimum atomic E-state index is -0.302. The van der Waals surface area contributed by atoms with E-state index in [0.29, 0.717) is 49.9 Å². The van der Waals surface area contributed by atoms with Gasteiger partial charge >= 0.3 is 0 Å². The van der Waals surface area contributed by atoms with Gasteiger partial charge < -0.3 is 19.7 Å². The lowest BCUT2D eigenvalue weighted by Crippen LogP contribution is -2.48. The molecule has 2 aromatic carbocycles. The Hall–Kier alpha value is -2.60. The fourth-order valence-corrected chi connectivity index (χ4v) is 3.36. The third-order valence-electron chi connectivity index (χ3n) is 4.53. The highest BCUT2D eigenvalue weighted by Crippen LogP contribution is 2.35. The number of amides is 1. The molecule has 0 bridgehead atoms. The van der Waals surface area contributed by atoms with Crippen molar-refractivity contribution in [3.63, 3.8) is 0 Å². The van der Waals surface area contributed by atoms with Crippen LogP contribution in [-0.2, 0) is 0 Å². The molecule has 0 spiro atoms. The Balaban J connectivity index is 1.68. The quantitative estimate of drug-likeness (QED) is 0.910. The number of nitrogens with one attached hydrogen (secondary N) is 1. The lowest BCUT2D eigenvalue weighted by molar-refractivity contribution is 0.0624. The van der Waals surface area contributed by atoms with Gasteiger partial charge in [0.1, 0.15) is 19.0 Å². The Morgan fingerprint density at radius 2 is 2.00 bits per heavy atom. The van der Waals surface area contributed by atoms with E-state index in [0.717, 1.165) is 5.56 Å². The Bertz CT molecular complexity index is 796. The monoisotopic (exact) mass is 342 g/mol. The van der Waals surface area contributed by atoms with E-state index in [-0.39, 0.29) is 17.8 Å². The number of nitrogens with zero attached hydrogens (tertiary/aromatic N) is 1. The van der Waals surface area contributed by atoms with Crippen LogP contribution in [0.2, 0.25) is 0 Å². The molecule has 1 N–H and O–H groups in total. The summed E-state index contributed by atoms with van der Waals surface area (Å²) in [5, 5.41) is 3.28. The van der Waals surface area contributed by atoms with Crippen LogP contribution >= 0.6 is 0 Å². The predicted octanol–water partition coefficient (Wildman–Crippen LogP) is 2.38. The van der Waals surface area contributed by atoms with Gasteiger partial charge in [0.05, 0.1) is 11.6 Å². The van der Waals surface area contributed by atoms with Gasteiger partial charge in [0.2, 0.25) is 0 Å². The molecule has 0 radical (unpaired) electrons. The molecule has 4 rings (SSSR count). The van der Waals surface area contributed by atoms with Crippen LogP contribution in [0.3, 0.4) is 0 Å². The maximum Gasteiger partial charge on any atom is 0.258 e. The number of hydrogen-bond acceptors (Lipinski definition) is 4. The summed E-state index contributed by atoms with van der Waals surface area (Å²) >= 11 is 0. The van der Waals surface area contributed by atoms with E-state index in [2.05, 4.69) is 5.32 Å². The number of rotatable bonds is 2. The molecule has 2 aromatic rings. The fraction of sp³-hybridized carbons (Fsp3) is 0.316. The maximum atomic E-state index is 13.6. The van der Waals surface area contributed by atoms with Gasteiger partial charge in [-0.25, -0.2) is 4.39 Å². The predicted molar refractivity (Wildman–Crippen MR) is 90.5 cm³/mol. The van der Waals surface area contributed by atoms with E-state index in [1.165, 1.54) is 12.1 Å². The van der Waals surface area contributed by atoms with Gasteiger partial charge in [0.15, 0.2) is 11.5 Å². The van der Waals surface area contributed by atoms with Gasteiger partial charge in [0.25, 0.3) is 5.91 Å². The molecule has 2 aliphatic heterocycles. The molecule has 1 amide bonds. The molecule has 1 fully saturated rings. The number of halogens is 1. The van der Waals surface area contributed by atoms with E-state index in [1.807, 2.05) is 6.07 Å². The van der Waals surface area contributed by atoms with Crippen molar-refractivity contribution in [1.82, 2.24) is 10.2 Å². The molecule has 1 atom stereocenters. The average molecular weight is 342 g/mol. The summed E-state index contributed by atoms with van der Waals surface area (Å²) in [6, 6.07) is 11.5. The third kappa shape index (κ3) is 3.05. The molecule has 2 heterocycles. The van der Waals surface area contributed by atoms with Crippen molar-refractivity contribution in [2.45, 2.75) is 6.04 Å². The summed E-state index contributed by atoms with van der Waals surface area (Å²) in [7, 11) is 0. The number of benzene rings is 2. The Labute approximate surface area is 145 Å². The van der Waals surface area contributed by atoms with E-state index in [1.54, 1.807) is 29.2 Å². The molecule has 6 heteroatoms. The van der Waals surface area contributed by atoms with E-state index in [9.17, 15) is 9.18 Å². The molecule has 5 nitrogen and oxygen atoms in total. The van der Waals surface area contributed by atoms with Crippen LogP contribution in [0.4, 0.5) is 4.39 Å². The lowest BCUT2D eigenvalue weighted by Gasteiger charge is -2.37. The summed E-state index contributed by atoms with van der Waals surface area (Å²) in [6.45, 7) is 2.73. The van der Waals surface area contributed by atoms with Crippen molar-refractivity contribution in [2.75, 3.05) is 32.8 Å². The first-order valence-electron chi connectivity index (χ1n) is 8.40. The van der Waals surface area contributed by atoms with Gasteiger partial charge in [-0.2, -0.15) is 0 Å². The van der Waals surface area contributed by atoms with Crippen molar-refractivity contribution < 1.29 is 18.7 Å². The summed E-state index contributed by atoms with van der Waals surface area (Å²) in [5.74, 6) is 0.659. The SMILES string of the molecule is O=C(c1cccc2c1OCCO2)N1CCNCC1c1cccc(F)c1. The third-order valence-corrected chi connectivity index (χ3v) is 4.53. The number of hydrogen-bond donors (Lipinski definition) is 1. The normalized spacial score (nSPS) is 19.6. The summed E-state index contributed by atoms with van der Waals surface area (Å²) in [4.78, 5) is 15.0. The molecule has 130 valence electrons. The summed E-state index contributed by atoms with van der Waals surface area (Å²) in [5.41, 5.74) is 1.27. The first-order chi connectivity index (χ1) is 12.2. The second kappa shape index (κ2) is 6.72. The molecular weight excluding hydrogens is 323 g/mol. The number of para-hydroxylation sites is 1. The van der Waals surface area contributed by atoms with Crippen molar-refractivity contribution in [1.29, 1.82) is 0 Å². The van der Waals surface area contributed by atoms with E-state index < -0.39 is 0 Å². The van der Waals surface area contributed by atoms with Gasteiger partial charge in [-0.3, -0.25) is 4.79 Å². The smallest absolute Gasteiger partial charge is 0.258 e. The topological polar surface area (TPSA) is 50.8 Å². The largest absolute Gasteiger partial charge is 0.486 e. The first kappa shape index (κ1) is 15.9. The van der Waals surface area contributed by atoms with E-state index >= 15 is 0 Å². The molecule has 2 aliphatic rings. The van der Waals surface area contributed by atoms with Gasteiger partial charge in [-0.15, -0.1) is 0 Å².